The molecule has 1 aromatic carbocycles. The Morgan fingerprint density at radius 1 is 1.16 bits per heavy atom. The first-order valence-electron chi connectivity index (χ1n) is 7.07. The van der Waals surface area contributed by atoms with Crippen LogP contribution >= 0.6 is 0 Å². The van der Waals surface area contributed by atoms with E-state index < -0.39 is 0 Å². The van der Waals surface area contributed by atoms with Gasteiger partial charge in [-0.15, -0.1) is 0 Å². The van der Waals surface area contributed by atoms with Crippen molar-refractivity contribution in [1.82, 2.24) is 10.6 Å². The van der Waals surface area contributed by atoms with Crippen molar-refractivity contribution in [1.29, 1.82) is 0 Å². The van der Waals surface area contributed by atoms with Gasteiger partial charge in [-0.25, -0.2) is 0 Å². The number of carbonyl (C=O) groups is 1. The monoisotopic (exact) mass is 262 g/mol. The van der Waals surface area contributed by atoms with Gasteiger partial charge in [-0.2, -0.15) is 0 Å². The SMILES string of the molecule is CCC(C)NC(=O)C(C)N[C@H](C)c1ccc(C)cc1. The molecule has 0 saturated carbocycles. The Morgan fingerprint density at radius 3 is 2.26 bits per heavy atom. The highest BCUT2D eigenvalue weighted by molar-refractivity contribution is 5.81. The van der Waals surface area contributed by atoms with E-state index in [-0.39, 0.29) is 24.0 Å². The summed E-state index contributed by atoms with van der Waals surface area (Å²) < 4.78 is 0. The predicted molar refractivity (Wildman–Crippen MR) is 80.1 cm³/mol. The lowest BCUT2D eigenvalue weighted by Gasteiger charge is -2.21. The summed E-state index contributed by atoms with van der Waals surface area (Å²) in [6, 6.07) is 8.60. The molecule has 1 rings (SSSR count). The lowest BCUT2D eigenvalue weighted by Crippen LogP contribution is -2.45. The minimum atomic E-state index is -0.190. The molecule has 3 atom stereocenters. The van der Waals surface area contributed by atoms with Crippen molar-refractivity contribution in [3.63, 3.8) is 0 Å². The average molecular weight is 262 g/mol. The second-order valence-corrected chi connectivity index (χ2v) is 5.34. The maximum Gasteiger partial charge on any atom is 0.237 e. The first kappa shape index (κ1) is 15.7. The molecule has 1 amide bonds. The van der Waals surface area contributed by atoms with Crippen LogP contribution in [0.2, 0.25) is 0 Å². The Morgan fingerprint density at radius 2 is 1.74 bits per heavy atom. The molecule has 0 radical (unpaired) electrons. The molecule has 0 bridgehead atoms. The van der Waals surface area contributed by atoms with Crippen LogP contribution in [0.1, 0.15) is 51.3 Å². The van der Waals surface area contributed by atoms with E-state index in [2.05, 4.69) is 55.7 Å². The molecule has 2 N–H and O–H groups in total. The van der Waals surface area contributed by atoms with Crippen LogP contribution in [-0.2, 0) is 4.79 Å². The molecule has 0 aromatic heterocycles. The molecular weight excluding hydrogens is 236 g/mol. The normalized spacial score (nSPS) is 15.6. The van der Waals surface area contributed by atoms with Gasteiger partial charge in [-0.1, -0.05) is 36.8 Å². The van der Waals surface area contributed by atoms with Crippen LogP contribution in [0.4, 0.5) is 0 Å². The number of benzene rings is 1. The van der Waals surface area contributed by atoms with Gasteiger partial charge in [0.15, 0.2) is 0 Å². The smallest absolute Gasteiger partial charge is 0.237 e. The highest BCUT2D eigenvalue weighted by Gasteiger charge is 2.17. The van der Waals surface area contributed by atoms with E-state index in [1.54, 1.807) is 0 Å². The van der Waals surface area contributed by atoms with Gasteiger partial charge in [0.1, 0.15) is 0 Å². The summed E-state index contributed by atoms with van der Waals surface area (Å²) in [6.45, 7) is 10.1. The third kappa shape index (κ3) is 5.03. The zero-order chi connectivity index (χ0) is 14.4. The van der Waals surface area contributed by atoms with E-state index in [4.69, 9.17) is 0 Å². The summed E-state index contributed by atoms with van der Waals surface area (Å²) in [6.07, 6.45) is 0.950. The molecule has 0 aliphatic carbocycles. The van der Waals surface area contributed by atoms with Crippen molar-refractivity contribution in [2.24, 2.45) is 0 Å². The van der Waals surface area contributed by atoms with Crippen molar-refractivity contribution < 1.29 is 4.79 Å². The van der Waals surface area contributed by atoms with Crippen LogP contribution in [0.3, 0.4) is 0 Å². The molecule has 0 aliphatic rings. The molecule has 19 heavy (non-hydrogen) atoms. The van der Waals surface area contributed by atoms with Crippen molar-refractivity contribution in [3.8, 4) is 0 Å². The largest absolute Gasteiger partial charge is 0.352 e. The Labute approximate surface area is 116 Å². The molecule has 2 unspecified atom stereocenters. The van der Waals surface area contributed by atoms with Gasteiger partial charge < -0.3 is 5.32 Å². The summed E-state index contributed by atoms with van der Waals surface area (Å²) >= 11 is 0. The number of hydrogen-bond acceptors (Lipinski definition) is 2. The molecular formula is C16H26N2O. The molecule has 106 valence electrons. The third-order valence-electron chi connectivity index (χ3n) is 3.47. The molecule has 0 spiro atoms. The maximum atomic E-state index is 12.0. The van der Waals surface area contributed by atoms with Gasteiger partial charge in [0.25, 0.3) is 0 Å². The molecule has 3 heteroatoms. The fourth-order valence-corrected chi connectivity index (χ4v) is 1.87. The lowest BCUT2D eigenvalue weighted by molar-refractivity contribution is -0.123. The van der Waals surface area contributed by atoms with Crippen molar-refractivity contribution in [3.05, 3.63) is 35.4 Å². The van der Waals surface area contributed by atoms with E-state index in [1.807, 2.05) is 13.8 Å². The Bertz CT molecular complexity index is 400. The van der Waals surface area contributed by atoms with E-state index >= 15 is 0 Å². The van der Waals surface area contributed by atoms with Crippen LogP contribution in [0.5, 0.6) is 0 Å². The topological polar surface area (TPSA) is 41.1 Å². The Balaban J connectivity index is 2.53. The van der Waals surface area contributed by atoms with Crippen LogP contribution in [-0.4, -0.2) is 18.0 Å². The molecule has 3 nitrogen and oxygen atoms in total. The van der Waals surface area contributed by atoms with Crippen molar-refractivity contribution in [2.45, 2.75) is 59.2 Å². The van der Waals surface area contributed by atoms with Crippen molar-refractivity contribution in [2.75, 3.05) is 0 Å². The highest BCUT2D eigenvalue weighted by atomic mass is 16.2. The van der Waals surface area contributed by atoms with Crippen LogP contribution in [0, 0.1) is 6.92 Å². The lowest BCUT2D eigenvalue weighted by atomic mass is 10.1. The fourth-order valence-electron chi connectivity index (χ4n) is 1.87. The van der Waals surface area contributed by atoms with Crippen LogP contribution in [0.25, 0.3) is 0 Å². The van der Waals surface area contributed by atoms with Gasteiger partial charge in [0.2, 0.25) is 5.91 Å². The number of nitrogens with one attached hydrogen (secondary N) is 2. The van der Waals surface area contributed by atoms with Crippen molar-refractivity contribution >= 4 is 5.91 Å². The Kier molecular flexibility index (Phi) is 6.03. The standard InChI is InChI=1S/C16H26N2O/c1-6-12(3)17-16(19)14(5)18-13(4)15-9-7-11(2)8-10-15/h7-10,12-14,18H,6H2,1-5H3,(H,17,19)/t12?,13-,14?/m1/s1. The van der Waals surface area contributed by atoms with Gasteiger partial charge in [-0.05, 0) is 39.7 Å². The van der Waals surface area contributed by atoms with Gasteiger partial charge in [0.05, 0.1) is 6.04 Å². The highest BCUT2D eigenvalue weighted by Crippen LogP contribution is 2.13. The first-order chi connectivity index (χ1) is 8.93. The third-order valence-corrected chi connectivity index (χ3v) is 3.47. The Hall–Kier alpha value is -1.35. The van der Waals surface area contributed by atoms with E-state index in [9.17, 15) is 4.79 Å². The maximum absolute atomic E-state index is 12.0. The molecule has 0 saturated heterocycles. The summed E-state index contributed by atoms with van der Waals surface area (Å²) in [5.41, 5.74) is 2.45. The zero-order valence-electron chi connectivity index (χ0n) is 12.7. The molecule has 0 fully saturated rings. The van der Waals surface area contributed by atoms with Gasteiger partial charge in [0, 0.05) is 12.1 Å². The summed E-state index contributed by atoms with van der Waals surface area (Å²) in [5.74, 6) is 0.0633. The number of aryl methyl sites for hydroxylation is 1. The summed E-state index contributed by atoms with van der Waals surface area (Å²) in [5, 5.41) is 6.33. The van der Waals surface area contributed by atoms with Gasteiger partial charge in [-0.3, -0.25) is 10.1 Å². The van der Waals surface area contributed by atoms with E-state index in [1.165, 1.54) is 11.1 Å². The van der Waals surface area contributed by atoms with E-state index in [0.29, 0.717) is 0 Å². The number of amides is 1. The quantitative estimate of drug-likeness (QED) is 0.827. The van der Waals surface area contributed by atoms with Crippen LogP contribution < -0.4 is 10.6 Å². The molecule has 0 aliphatic heterocycles. The summed E-state index contributed by atoms with van der Waals surface area (Å²) in [4.78, 5) is 12.0. The molecule has 0 heterocycles. The zero-order valence-corrected chi connectivity index (χ0v) is 12.7. The summed E-state index contributed by atoms with van der Waals surface area (Å²) in [7, 11) is 0. The average Bonchev–Trinajstić information content (AvgIpc) is 2.38. The fraction of sp³-hybridized carbons (Fsp3) is 0.562. The van der Waals surface area contributed by atoms with Crippen LogP contribution in [0.15, 0.2) is 24.3 Å². The second kappa shape index (κ2) is 7.29. The second-order valence-electron chi connectivity index (χ2n) is 5.34. The minimum absolute atomic E-state index is 0.0633. The first-order valence-corrected chi connectivity index (χ1v) is 7.07. The predicted octanol–water partition coefficient (Wildman–Crippen LogP) is 2.95. The minimum Gasteiger partial charge on any atom is -0.352 e. The van der Waals surface area contributed by atoms with Gasteiger partial charge >= 0.3 is 0 Å². The van der Waals surface area contributed by atoms with E-state index in [0.717, 1.165) is 6.42 Å². The molecule has 1 aromatic rings. The number of carbonyl (C=O) groups excluding carboxylic acids is 1. The number of rotatable bonds is 6. The number of hydrogen-bond donors (Lipinski definition) is 2.